The van der Waals surface area contributed by atoms with Crippen molar-refractivity contribution < 1.29 is 39.9 Å². The fraction of sp³-hybridized carbons (Fsp3) is 0.176. The summed E-state index contributed by atoms with van der Waals surface area (Å²) in [6.45, 7) is -0.0365. The molecule has 0 bridgehead atoms. The van der Waals surface area contributed by atoms with Gasteiger partial charge in [-0.25, -0.2) is 35.2 Å². The van der Waals surface area contributed by atoms with Crippen molar-refractivity contribution in [3.05, 3.63) is 64.5 Å². The average molecular weight is 434 g/mol. The van der Waals surface area contributed by atoms with Crippen LogP contribution in [-0.2, 0) is 26.2 Å². The van der Waals surface area contributed by atoms with Crippen LogP contribution >= 0.6 is 0 Å². The maximum absolute atomic E-state index is 13.6. The molecule has 0 aliphatic carbocycles. The van der Waals surface area contributed by atoms with E-state index in [4.69, 9.17) is 0 Å². The molecule has 2 aromatic carbocycles. The molecule has 1 atom stereocenters. The number of sulfonamides is 1. The van der Waals surface area contributed by atoms with Gasteiger partial charge in [0.1, 0.15) is 18.5 Å². The van der Waals surface area contributed by atoms with Gasteiger partial charge < -0.3 is 4.74 Å². The Morgan fingerprint density at radius 1 is 1.03 bits per heavy atom. The quantitative estimate of drug-likeness (QED) is 0.347. The van der Waals surface area contributed by atoms with Crippen molar-refractivity contribution in [2.45, 2.75) is 24.5 Å². The van der Waals surface area contributed by atoms with Gasteiger partial charge in [-0.05, 0) is 19.1 Å². The van der Waals surface area contributed by atoms with Gasteiger partial charge in [-0.2, -0.15) is 0 Å². The number of amidine groups is 1. The van der Waals surface area contributed by atoms with E-state index in [2.05, 4.69) is 14.5 Å². The summed E-state index contributed by atoms with van der Waals surface area (Å²) >= 11 is 0. The van der Waals surface area contributed by atoms with E-state index in [1.165, 1.54) is 25.1 Å². The predicted molar refractivity (Wildman–Crippen MR) is 88.8 cm³/mol. The second kappa shape index (κ2) is 7.43. The average Bonchev–Trinajstić information content (AvgIpc) is 2.95. The van der Waals surface area contributed by atoms with E-state index in [0.29, 0.717) is 0 Å². The Kier molecular flexibility index (Phi) is 5.30. The van der Waals surface area contributed by atoms with E-state index in [-0.39, 0.29) is 16.3 Å². The summed E-state index contributed by atoms with van der Waals surface area (Å²) in [5.41, 5.74) is -1.12. The predicted octanol–water partition coefficient (Wildman–Crippen LogP) is 2.55. The zero-order valence-electron chi connectivity index (χ0n) is 14.5. The first kappa shape index (κ1) is 20.7. The number of hydrogen-bond acceptors (Lipinski definition) is 5. The van der Waals surface area contributed by atoms with Gasteiger partial charge in [0.15, 0.2) is 23.3 Å². The van der Waals surface area contributed by atoms with Gasteiger partial charge >= 0.3 is 5.97 Å². The lowest BCUT2D eigenvalue weighted by atomic mass is 10.2. The molecule has 0 aromatic heterocycles. The number of carbonyl (C=O) groups is 1. The molecule has 0 spiro atoms. The van der Waals surface area contributed by atoms with Gasteiger partial charge in [-0.1, -0.05) is 12.1 Å². The van der Waals surface area contributed by atoms with Crippen LogP contribution in [0.2, 0.25) is 0 Å². The highest BCUT2D eigenvalue weighted by molar-refractivity contribution is 7.90. The third-order valence-corrected chi connectivity index (χ3v) is 5.38. The molecule has 29 heavy (non-hydrogen) atoms. The van der Waals surface area contributed by atoms with Crippen molar-refractivity contribution >= 4 is 21.8 Å². The third-order valence-electron chi connectivity index (χ3n) is 3.99. The molecule has 0 fully saturated rings. The second-order valence-electron chi connectivity index (χ2n) is 5.91. The molecular formula is C17H11F5N2O4S. The lowest BCUT2D eigenvalue weighted by molar-refractivity contribution is -0.146. The minimum absolute atomic E-state index is 0.0549. The van der Waals surface area contributed by atoms with E-state index in [0.717, 1.165) is 0 Å². The van der Waals surface area contributed by atoms with E-state index in [1.807, 2.05) is 0 Å². The summed E-state index contributed by atoms with van der Waals surface area (Å²) in [4.78, 5) is 15.8. The second-order valence-corrected chi connectivity index (χ2v) is 7.56. The Morgan fingerprint density at radius 2 is 1.59 bits per heavy atom. The maximum atomic E-state index is 13.6. The number of halogens is 5. The Labute approximate surface area is 161 Å². The first-order valence-electron chi connectivity index (χ1n) is 7.91. The van der Waals surface area contributed by atoms with Crippen LogP contribution in [0.1, 0.15) is 18.1 Å². The minimum Gasteiger partial charge on any atom is -0.459 e. The molecule has 1 aliphatic heterocycles. The van der Waals surface area contributed by atoms with Gasteiger partial charge in [-0.15, -0.1) is 0 Å². The van der Waals surface area contributed by atoms with Crippen molar-refractivity contribution in [2.24, 2.45) is 4.99 Å². The minimum atomic E-state index is -3.86. The molecule has 1 N–H and O–H groups in total. The highest BCUT2D eigenvalue weighted by atomic mass is 32.2. The number of fused-ring (bicyclic) bond motifs is 1. The number of rotatable bonds is 4. The largest absolute Gasteiger partial charge is 0.459 e. The third kappa shape index (κ3) is 3.67. The van der Waals surface area contributed by atoms with Crippen LogP contribution in [0.5, 0.6) is 0 Å². The fourth-order valence-electron chi connectivity index (χ4n) is 2.52. The molecule has 1 heterocycles. The molecule has 2 aromatic rings. The summed E-state index contributed by atoms with van der Waals surface area (Å²) in [6.07, 6.45) is 0. The molecular weight excluding hydrogens is 423 g/mol. The molecule has 0 radical (unpaired) electrons. The maximum Gasteiger partial charge on any atom is 0.330 e. The van der Waals surface area contributed by atoms with Gasteiger partial charge in [0.2, 0.25) is 5.82 Å². The lowest BCUT2D eigenvalue weighted by Gasteiger charge is -2.11. The highest BCUT2D eigenvalue weighted by Gasteiger charge is 2.32. The normalized spacial score (nSPS) is 17.0. The monoisotopic (exact) mass is 434 g/mol. The van der Waals surface area contributed by atoms with Crippen molar-refractivity contribution in [1.82, 2.24) is 4.72 Å². The standard InChI is InChI=1S/C17H11F5N2O4S/c1-7(23-16-8-4-2-3-5-10(8)29(26,27)24-16)17(25)28-6-9-11(18)13(20)15(22)14(21)12(9)19/h2-5,7H,6H2,1H3,(H,23,24)/t7-/m0/s1. The summed E-state index contributed by atoms with van der Waals surface area (Å²) in [5, 5.41) is 0. The van der Waals surface area contributed by atoms with Crippen molar-refractivity contribution in [3.8, 4) is 0 Å². The van der Waals surface area contributed by atoms with E-state index >= 15 is 0 Å². The van der Waals surface area contributed by atoms with Crippen molar-refractivity contribution in [2.75, 3.05) is 0 Å². The first-order valence-corrected chi connectivity index (χ1v) is 9.40. The van der Waals surface area contributed by atoms with Crippen LogP contribution in [0.25, 0.3) is 0 Å². The van der Waals surface area contributed by atoms with Crippen molar-refractivity contribution in [1.29, 1.82) is 0 Å². The van der Waals surface area contributed by atoms with Crippen LogP contribution in [0.15, 0.2) is 34.2 Å². The molecule has 0 saturated heterocycles. The van der Waals surface area contributed by atoms with Gasteiger partial charge in [-0.3, -0.25) is 9.71 Å². The summed E-state index contributed by atoms with van der Waals surface area (Å²) in [6, 6.07) is 4.46. The molecule has 154 valence electrons. The summed E-state index contributed by atoms with van der Waals surface area (Å²) in [7, 11) is -3.86. The zero-order valence-corrected chi connectivity index (χ0v) is 15.3. The number of nitrogens with one attached hydrogen (secondary N) is 1. The molecule has 0 saturated carbocycles. The van der Waals surface area contributed by atoms with Crippen LogP contribution in [0.4, 0.5) is 22.0 Å². The van der Waals surface area contributed by atoms with E-state index < -0.39 is 63.3 Å². The van der Waals surface area contributed by atoms with Gasteiger partial charge in [0.05, 0.1) is 10.5 Å². The van der Waals surface area contributed by atoms with Crippen LogP contribution in [-0.4, -0.2) is 26.3 Å². The number of esters is 1. The number of benzene rings is 2. The Morgan fingerprint density at radius 3 is 2.21 bits per heavy atom. The molecule has 6 nitrogen and oxygen atoms in total. The van der Waals surface area contributed by atoms with E-state index in [1.54, 1.807) is 6.07 Å². The highest BCUT2D eigenvalue weighted by Crippen LogP contribution is 2.25. The first-order chi connectivity index (χ1) is 13.5. The number of nitrogens with zero attached hydrogens (tertiary/aromatic N) is 1. The number of ether oxygens (including phenoxy) is 1. The SMILES string of the molecule is C[C@H](N=C1NS(=O)(=O)c2ccccc21)C(=O)OCc1c(F)c(F)c(F)c(F)c1F. The Bertz CT molecular complexity index is 1120. The summed E-state index contributed by atoms with van der Waals surface area (Å²) in [5.74, 6) is -12.2. The Balaban J connectivity index is 1.79. The number of carbonyl (C=O) groups excluding carboxylic acids is 1. The number of hydrogen-bond donors (Lipinski definition) is 1. The van der Waals surface area contributed by atoms with Crippen LogP contribution in [0.3, 0.4) is 0 Å². The molecule has 12 heteroatoms. The lowest BCUT2D eigenvalue weighted by Crippen LogP contribution is -2.27. The zero-order chi connectivity index (χ0) is 21.5. The summed E-state index contributed by atoms with van der Waals surface area (Å²) < 4.78 is 97.4. The van der Waals surface area contributed by atoms with Crippen molar-refractivity contribution in [3.63, 3.8) is 0 Å². The number of aliphatic imine (C=N–C) groups is 1. The molecule has 0 amide bonds. The smallest absolute Gasteiger partial charge is 0.330 e. The van der Waals surface area contributed by atoms with Crippen LogP contribution in [0, 0.1) is 29.1 Å². The fourth-order valence-corrected chi connectivity index (χ4v) is 3.76. The molecule has 3 rings (SSSR count). The van der Waals surface area contributed by atoms with Gasteiger partial charge in [0, 0.05) is 5.56 Å². The van der Waals surface area contributed by atoms with Crippen LogP contribution < -0.4 is 4.72 Å². The molecule has 1 aliphatic rings. The van der Waals surface area contributed by atoms with Gasteiger partial charge in [0.25, 0.3) is 10.0 Å². The van der Waals surface area contributed by atoms with E-state index in [9.17, 15) is 35.2 Å². The molecule has 0 unspecified atom stereocenters. The Hall–Kier alpha value is -3.02. The topological polar surface area (TPSA) is 84.8 Å².